The van der Waals surface area contributed by atoms with Crippen molar-refractivity contribution < 1.29 is 8.78 Å². The summed E-state index contributed by atoms with van der Waals surface area (Å²) in [5.74, 6) is -0.807. The first-order valence-corrected chi connectivity index (χ1v) is 5.46. The molecule has 0 radical (unpaired) electrons. The van der Waals surface area contributed by atoms with Gasteiger partial charge in [0.15, 0.2) is 0 Å². The lowest BCUT2D eigenvalue weighted by Crippen LogP contribution is -1.88. The van der Waals surface area contributed by atoms with E-state index in [1.165, 1.54) is 12.1 Å². The van der Waals surface area contributed by atoms with Crippen LogP contribution in [0.3, 0.4) is 0 Å². The number of rotatable bonds is 1. The van der Waals surface area contributed by atoms with Gasteiger partial charge in [-0.2, -0.15) is 0 Å². The zero-order valence-corrected chi connectivity index (χ0v) is 9.83. The summed E-state index contributed by atoms with van der Waals surface area (Å²) in [4.78, 5) is 0. The van der Waals surface area contributed by atoms with Gasteiger partial charge >= 0.3 is 0 Å². The van der Waals surface area contributed by atoms with Gasteiger partial charge in [-0.15, -0.1) is 0 Å². The van der Waals surface area contributed by atoms with E-state index < -0.39 is 11.6 Å². The third-order valence-corrected chi connectivity index (χ3v) is 2.76. The summed E-state index contributed by atoms with van der Waals surface area (Å²) in [6.45, 7) is 0. The predicted octanol–water partition coefficient (Wildman–Crippen LogP) is 4.24. The van der Waals surface area contributed by atoms with E-state index in [4.69, 9.17) is 0 Å². The zero-order valence-electron chi connectivity index (χ0n) is 7.68. The van der Waals surface area contributed by atoms with Gasteiger partial charge in [0.05, 0.1) is 0 Å². The van der Waals surface area contributed by atoms with Crippen LogP contribution in [0.25, 0.3) is 11.1 Å². The highest BCUT2D eigenvalue weighted by Gasteiger charge is 2.09. The molecule has 0 bridgehead atoms. The van der Waals surface area contributed by atoms with Crippen molar-refractivity contribution in [3.8, 4) is 11.1 Å². The average Bonchev–Trinajstić information content (AvgIpc) is 2.23. The number of hydrogen-bond acceptors (Lipinski definition) is 0. The molecule has 0 aromatic heterocycles. The molecule has 0 spiro atoms. The molecule has 0 unspecified atom stereocenters. The van der Waals surface area contributed by atoms with Gasteiger partial charge in [-0.05, 0) is 46.9 Å². The van der Waals surface area contributed by atoms with Gasteiger partial charge in [0.1, 0.15) is 11.6 Å². The molecule has 0 aliphatic heterocycles. The molecular weight excluding hydrogens is 309 g/mol. The van der Waals surface area contributed by atoms with Crippen LogP contribution in [0.15, 0.2) is 42.5 Å². The molecule has 76 valence electrons. The van der Waals surface area contributed by atoms with E-state index in [1.807, 2.05) is 0 Å². The second-order valence-corrected chi connectivity index (χ2v) is 4.35. The lowest BCUT2D eigenvalue weighted by atomic mass is 10.0. The van der Waals surface area contributed by atoms with E-state index in [0.29, 0.717) is 11.1 Å². The summed E-state index contributed by atoms with van der Waals surface area (Å²) in [6.07, 6.45) is 0. The van der Waals surface area contributed by atoms with E-state index in [-0.39, 0.29) is 0 Å². The second kappa shape index (κ2) is 4.26. The average molecular weight is 316 g/mol. The molecule has 0 nitrogen and oxygen atoms in total. The summed E-state index contributed by atoms with van der Waals surface area (Å²) in [6, 6.07) is 10.8. The third kappa shape index (κ3) is 2.17. The van der Waals surface area contributed by atoms with Crippen LogP contribution >= 0.6 is 22.6 Å². The second-order valence-electron chi connectivity index (χ2n) is 3.10. The first-order chi connectivity index (χ1) is 7.18. The quantitative estimate of drug-likeness (QED) is 0.691. The van der Waals surface area contributed by atoms with Crippen LogP contribution in [-0.4, -0.2) is 0 Å². The number of halogens is 3. The highest BCUT2D eigenvalue weighted by Crippen LogP contribution is 2.26. The summed E-state index contributed by atoms with van der Waals surface area (Å²) in [7, 11) is 0. The topological polar surface area (TPSA) is 0 Å². The zero-order chi connectivity index (χ0) is 10.8. The molecule has 0 atom stereocenters. The molecule has 0 saturated carbocycles. The molecular formula is C12H7F2I. The van der Waals surface area contributed by atoms with E-state index in [0.717, 1.165) is 3.57 Å². The SMILES string of the molecule is Fc1ccccc1-c1cc(I)ccc1F. The van der Waals surface area contributed by atoms with E-state index in [1.54, 1.807) is 30.3 Å². The Labute approximate surface area is 100 Å². The molecule has 0 saturated heterocycles. The first-order valence-electron chi connectivity index (χ1n) is 4.38. The third-order valence-electron chi connectivity index (χ3n) is 2.09. The maximum Gasteiger partial charge on any atom is 0.131 e. The summed E-state index contributed by atoms with van der Waals surface area (Å²) in [5.41, 5.74) is 0.605. The minimum Gasteiger partial charge on any atom is -0.206 e. The minimum atomic E-state index is -0.404. The lowest BCUT2D eigenvalue weighted by molar-refractivity contribution is 0.616. The molecule has 2 aromatic carbocycles. The maximum atomic E-state index is 13.5. The summed E-state index contributed by atoms with van der Waals surface area (Å²) < 4.78 is 27.8. The Morgan fingerprint density at radius 1 is 0.800 bits per heavy atom. The van der Waals surface area contributed by atoms with Crippen molar-refractivity contribution in [2.24, 2.45) is 0 Å². The van der Waals surface area contributed by atoms with Crippen LogP contribution in [0, 0.1) is 15.2 Å². The van der Waals surface area contributed by atoms with Crippen molar-refractivity contribution >= 4 is 22.6 Å². The van der Waals surface area contributed by atoms with Crippen molar-refractivity contribution in [3.63, 3.8) is 0 Å². The van der Waals surface area contributed by atoms with Gasteiger partial charge in [-0.1, -0.05) is 18.2 Å². The largest absolute Gasteiger partial charge is 0.206 e. The molecule has 2 rings (SSSR count). The minimum absolute atomic E-state index is 0.300. The van der Waals surface area contributed by atoms with Crippen molar-refractivity contribution in [2.45, 2.75) is 0 Å². The van der Waals surface area contributed by atoms with E-state index in [2.05, 4.69) is 22.6 Å². The van der Waals surface area contributed by atoms with Crippen LogP contribution in [0.1, 0.15) is 0 Å². The predicted molar refractivity (Wildman–Crippen MR) is 64.5 cm³/mol. The monoisotopic (exact) mass is 316 g/mol. The van der Waals surface area contributed by atoms with Crippen molar-refractivity contribution in [1.29, 1.82) is 0 Å². The molecule has 3 heteroatoms. The molecule has 0 aliphatic rings. The molecule has 0 N–H and O–H groups in total. The Kier molecular flexibility index (Phi) is 3.00. The summed E-state index contributed by atoms with van der Waals surface area (Å²) >= 11 is 2.07. The van der Waals surface area contributed by atoms with Crippen LogP contribution in [0.4, 0.5) is 8.78 Å². The maximum absolute atomic E-state index is 13.5. The van der Waals surface area contributed by atoms with Crippen LogP contribution < -0.4 is 0 Å². The first kappa shape index (κ1) is 10.5. The lowest BCUT2D eigenvalue weighted by Gasteiger charge is -2.05. The Balaban J connectivity index is 2.64. The fraction of sp³-hybridized carbons (Fsp3) is 0. The van der Waals surface area contributed by atoms with Crippen LogP contribution in [-0.2, 0) is 0 Å². The van der Waals surface area contributed by atoms with Crippen LogP contribution in [0.2, 0.25) is 0 Å². The Morgan fingerprint density at radius 2 is 1.47 bits per heavy atom. The fourth-order valence-corrected chi connectivity index (χ4v) is 1.87. The highest BCUT2D eigenvalue weighted by atomic mass is 127. The Morgan fingerprint density at radius 3 is 2.20 bits per heavy atom. The number of benzene rings is 2. The fourth-order valence-electron chi connectivity index (χ4n) is 1.38. The van der Waals surface area contributed by atoms with Gasteiger partial charge in [0.2, 0.25) is 0 Å². The smallest absolute Gasteiger partial charge is 0.131 e. The van der Waals surface area contributed by atoms with Crippen molar-refractivity contribution in [2.75, 3.05) is 0 Å². The standard InChI is InChI=1S/C12H7F2I/c13-11-4-2-1-3-9(11)10-7-8(15)5-6-12(10)14/h1-7H. The summed E-state index contributed by atoms with van der Waals surface area (Å²) in [5, 5.41) is 0. The molecule has 0 amide bonds. The molecule has 15 heavy (non-hydrogen) atoms. The van der Waals surface area contributed by atoms with Gasteiger partial charge in [0, 0.05) is 14.7 Å². The normalized spacial score (nSPS) is 10.3. The molecule has 0 heterocycles. The highest BCUT2D eigenvalue weighted by molar-refractivity contribution is 14.1. The van der Waals surface area contributed by atoms with Gasteiger partial charge in [0.25, 0.3) is 0 Å². The van der Waals surface area contributed by atoms with Crippen molar-refractivity contribution in [3.05, 3.63) is 57.7 Å². The molecule has 0 aliphatic carbocycles. The molecule has 2 aromatic rings. The molecule has 0 fully saturated rings. The van der Waals surface area contributed by atoms with Gasteiger partial charge < -0.3 is 0 Å². The van der Waals surface area contributed by atoms with Crippen LogP contribution in [0.5, 0.6) is 0 Å². The van der Waals surface area contributed by atoms with Gasteiger partial charge in [-0.25, -0.2) is 8.78 Å². The Bertz CT molecular complexity index is 495. The van der Waals surface area contributed by atoms with Crippen molar-refractivity contribution in [1.82, 2.24) is 0 Å². The van der Waals surface area contributed by atoms with E-state index >= 15 is 0 Å². The van der Waals surface area contributed by atoms with E-state index in [9.17, 15) is 8.78 Å². The Hall–Kier alpha value is -0.970. The van der Waals surface area contributed by atoms with Gasteiger partial charge in [-0.3, -0.25) is 0 Å². The number of hydrogen-bond donors (Lipinski definition) is 0.